The van der Waals surface area contributed by atoms with Gasteiger partial charge in [-0.2, -0.15) is 0 Å². The molecule has 96 valence electrons. The van der Waals surface area contributed by atoms with Crippen LogP contribution in [-0.4, -0.2) is 12.6 Å². The van der Waals surface area contributed by atoms with Crippen LogP contribution in [-0.2, 0) is 13.1 Å². The van der Waals surface area contributed by atoms with Crippen molar-refractivity contribution in [3.63, 3.8) is 0 Å². The van der Waals surface area contributed by atoms with Crippen LogP contribution in [0.4, 0.5) is 0 Å². The second-order valence-electron chi connectivity index (χ2n) is 4.33. The normalized spacial score (nSPS) is 10.1. The van der Waals surface area contributed by atoms with E-state index in [0.29, 0.717) is 17.7 Å². The molecule has 0 aliphatic rings. The summed E-state index contributed by atoms with van der Waals surface area (Å²) in [6, 6.07) is 15.0. The summed E-state index contributed by atoms with van der Waals surface area (Å²) in [5.74, 6) is 0. The van der Waals surface area contributed by atoms with Crippen molar-refractivity contribution in [2.24, 2.45) is 0 Å². The molecule has 0 unspecified atom stereocenters. The highest BCUT2D eigenvalue weighted by atomic mass is 16.1. The van der Waals surface area contributed by atoms with Gasteiger partial charge in [-0.25, -0.2) is 0 Å². The lowest BCUT2D eigenvalue weighted by Crippen LogP contribution is -2.12. The summed E-state index contributed by atoms with van der Waals surface area (Å²) >= 11 is 0. The highest BCUT2D eigenvalue weighted by Crippen LogP contribution is 2.05. The van der Waals surface area contributed by atoms with Gasteiger partial charge in [0, 0.05) is 24.2 Å². The average molecular weight is 253 g/mol. The Kier molecular flexibility index (Phi) is 4.59. The zero-order chi connectivity index (χ0) is 13.5. The van der Waals surface area contributed by atoms with Gasteiger partial charge in [-0.1, -0.05) is 42.5 Å². The Balaban J connectivity index is 1.88. The van der Waals surface area contributed by atoms with Crippen LogP contribution in [0.5, 0.6) is 0 Å². The molecule has 0 aliphatic heterocycles. The van der Waals surface area contributed by atoms with Crippen molar-refractivity contribution < 1.29 is 9.59 Å². The van der Waals surface area contributed by atoms with Crippen LogP contribution in [0.2, 0.25) is 0 Å². The summed E-state index contributed by atoms with van der Waals surface area (Å²) in [6.45, 7) is 1.43. The standard InChI is InChI=1S/C16H15NO2/c18-11-14-6-4-13(5-7-14)9-17-10-15-2-1-3-16(8-15)12-19/h1-8,11-12,17H,9-10H2. The van der Waals surface area contributed by atoms with Crippen LogP contribution in [0.25, 0.3) is 0 Å². The molecule has 0 aromatic heterocycles. The molecular weight excluding hydrogens is 238 g/mol. The summed E-state index contributed by atoms with van der Waals surface area (Å²) in [5.41, 5.74) is 3.57. The Bertz CT molecular complexity index is 561. The van der Waals surface area contributed by atoms with Crippen molar-refractivity contribution in [3.8, 4) is 0 Å². The van der Waals surface area contributed by atoms with E-state index in [1.807, 2.05) is 30.3 Å². The molecule has 0 fully saturated rings. The van der Waals surface area contributed by atoms with E-state index < -0.39 is 0 Å². The Morgan fingerprint density at radius 3 is 2.16 bits per heavy atom. The molecule has 2 rings (SSSR count). The molecule has 2 aromatic rings. The van der Waals surface area contributed by atoms with Gasteiger partial charge in [0.05, 0.1) is 0 Å². The van der Waals surface area contributed by atoms with Gasteiger partial charge >= 0.3 is 0 Å². The maximum atomic E-state index is 10.7. The fraction of sp³-hybridized carbons (Fsp3) is 0.125. The Morgan fingerprint density at radius 1 is 0.789 bits per heavy atom. The minimum Gasteiger partial charge on any atom is -0.309 e. The smallest absolute Gasteiger partial charge is 0.150 e. The molecule has 0 aliphatic carbocycles. The monoisotopic (exact) mass is 253 g/mol. The first-order chi connectivity index (χ1) is 9.31. The fourth-order valence-electron chi connectivity index (χ4n) is 1.84. The summed E-state index contributed by atoms with van der Waals surface area (Å²) in [5, 5.41) is 3.30. The second kappa shape index (κ2) is 6.61. The van der Waals surface area contributed by atoms with Crippen molar-refractivity contribution in [1.29, 1.82) is 0 Å². The number of carbonyl (C=O) groups is 2. The lowest BCUT2D eigenvalue weighted by Gasteiger charge is -2.06. The minimum atomic E-state index is 0.683. The van der Waals surface area contributed by atoms with E-state index >= 15 is 0 Å². The quantitative estimate of drug-likeness (QED) is 0.805. The molecule has 0 saturated carbocycles. The topological polar surface area (TPSA) is 46.2 Å². The van der Waals surface area contributed by atoms with Gasteiger partial charge in [0.15, 0.2) is 0 Å². The molecule has 3 heteroatoms. The highest BCUT2D eigenvalue weighted by Gasteiger charge is 1.97. The Hall–Kier alpha value is -2.26. The molecule has 0 atom stereocenters. The van der Waals surface area contributed by atoms with Gasteiger partial charge in [-0.3, -0.25) is 9.59 Å². The summed E-state index contributed by atoms with van der Waals surface area (Å²) in [7, 11) is 0. The minimum absolute atomic E-state index is 0.683. The number of hydrogen-bond acceptors (Lipinski definition) is 3. The largest absolute Gasteiger partial charge is 0.309 e. The van der Waals surface area contributed by atoms with E-state index in [4.69, 9.17) is 0 Å². The van der Waals surface area contributed by atoms with Gasteiger partial charge in [-0.15, -0.1) is 0 Å². The maximum Gasteiger partial charge on any atom is 0.150 e. The van der Waals surface area contributed by atoms with Gasteiger partial charge in [0.2, 0.25) is 0 Å². The number of nitrogens with one attached hydrogen (secondary N) is 1. The predicted molar refractivity (Wildman–Crippen MR) is 74.2 cm³/mol. The lowest BCUT2D eigenvalue weighted by molar-refractivity contribution is 0.111. The van der Waals surface area contributed by atoms with Crippen LogP contribution in [0.15, 0.2) is 48.5 Å². The lowest BCUT2D eigenvalue weighted by atomic mass is 10.1. The first-order valence-corrected chi connectivity index (χ1v) is 6.11. The summed E-state index contributed by atoms with van der Waals surface area (Å²) in [6.07, 6.45) is 1.68. The van der Waals surface area contributed by atoms with Crippen LogP contribution >= 0.6 is 0 Å². The number of aldehydes is 2. The molecule has 2 aromatic carbocycles. The molecule has 0 radical (unpaired) electrons. The van der Waals surface area contributed by atoms with Crippen LogP contribution < -0.4 is 5.32 Å². The molecule has 3 nitrogen and oxygen atoms in total. The van der Waals surface area contributed by atoms with Crippen molar-refractivity contribution in [1.82, 2.24) is 5.32 Å². The predicted octanol–water partition coefficient (Wildman–Crippen LogP) is 2.60. The van der Waals surface area contributed by atoms with Crippen molar-refractivity contribution >= 4 is 12.6 Å². The second-order valence-corrected chi connectivity index (χ2v) is 4.33. The van der Waals surface area contributed by atoms with Gasteiger partial charge in [0.25, 0.3) is 0 Å². The molecule has 0 saturated heterocycles. The zero-order valence-corrected chi connectivity index (χ0v) is 10.5. The van der Waals surface area contributed by atoms with Crippen molar-refractivity contribution in [2.45, 2.75) is 13.1 Å². The third kappa shape index (κ3) is 3.86. The first-order valence-electron chi connectivity index (χ1n) is 6.11. The molecule has 1 N–H and O–H groups in total. The first kappa shape index (κ1) is 13.2. The summed E-state index contributed by atoms with van der Waals surface area (Å²) < 4.78 is 0. The van der Waals surface area contributed by atoms with E-state index in [0.717, 1.165) is 30.2 Å². The number of hydrogen-bond donors (Lipinski definition) is 1. The Labute approximate surface area is 112 Å². The molecule has 19 heavy (non-hydrogen) atoms. The summed E-state index contributed by atoms with van der Waals surface area (Å²) in [4.78, 5) is 21.2. The van der Waals surface area contributed by atoms with Gasteiger partial charge < -0.3 is 5.32 Å². The van der Waals surface area contributed by atoms with E-state index in [1.165, 1.54) is 0 Å². The van der Waals surface area contributed by atoms with E-state index in [9.17, 15) is 9.59 Å². The number of benzene rings is 2. The van der Waals surface area contributed by atoms with Crippen molar-refractivity contribution in [2.75, 3.05) is 0 Å². The molecule has 0 heterocycles. The van der Waals surface area contributed by atoms with E-state index in [2.05, 4.69) is 5.32 Å². The molecule has 0 amide bonds. The zero-order valence-electron chi connectivity index (χ0n) is 10.5. The third-order valence-corrected chi connectivity index (χ3v) is 2.86. The third-order valence-electron chi connectivity index (χ3n) is 2.86. The molecule has 0 spiro atoms. The fourth-order valence-corrected chi connectivity index (χ4v) is 1.84. The van der Waals surface area contributed by atoms with Crippen molar-refractivity contribution in [3.05, 3.63) is 70.8 Å². The molecular formula is C16H15NO2. The van der Waals surface area contributed by atoms with Gasteiger partial charge in [-0.05, 0) is 17.2 Å². The number of rotatable bonds is 6. The van der Waals surface area contributed by atoms with Crippen LogP contribution in [0.3, 0.4) is 0 Å². The Morgan fingerprint density at radius 2 is 1.47 bits per heavy atom. The van der Waals surface area contributed by atoms with Crippen LogP contribution in [0.1, 0.15) is 31.8 Å². The van der Waals surface area contributed by atoms with Gasteiger partial charge in [0.1, 0.15) is 12.6 Å². The number of carbonyl (C=O) groups excluding carboxylic acids is 2. The van der Waals surface area contributed by atoms with E-state index in [1.54, 1.807) is 18.2 Å². The SMILES string of the molecule is O=Cc1ccc(CNCc2cccc(C=O)c2)cc1. The highest BCUT2D eigenvalue weighted by molar-refractivity contribution is 5.75. The average Bonchev–Trinajstić information content (AvgIpc) is 2.48. The van der Waals surface area contributed by atoms with Crippen LogP contribution in [0, 0.1) is 0 Å². The maximum absolute atomic E-state index is 10.7. The van der Waals surface area contributed by atoms with E-state index in [-0.39, 0.29) is 0 Å². The molecule has 0 bridgehead atoms.